The first kappa shape index (κ1) is 9.11. The number of rotatable bonds is 0. The molecule has 0 nitrogen and oxygen atoms in total. The molecule has 0 spiro atoms. The van der Waals surface area contributed by atoms with Gasteiger partial charge in [0.2, 0.25) is 0 Å². The predicted molar refractivity (Wildman–Crippen MR) is 46.2 cm³/mol. The van der Waals surface area contributed by atoms with Crippen LogP contribution in [0.1, 0.15) is 5.56 Å². The molecule has 0 aliphatic heterocycles. The molecule has 0 saturated heterocycles. The summed E-state index contributed by atoms with van der Waals surface area (Å²) in [5.41, 5.74) is 0.509. The molecule has 0 fully saturated rings. The zero-order valence-electron chi connectivity index (χ0n) is 5.59. The van der Waals surface area contributed by atoms with Crippen molar-refractivity contribution in [2.24, 2.45) is 0 Å². The van der Waals surface area contributed by atoms with E-state index in [1.807, 2.05) is 0 Å². The summed E-state index contributed by atoms with van der Waals surface area (Å²) in [5.74, 6) is -0.616. The molecule has 1 rings (SSSR count). The van der Waals surface area contributed by atoms with E-state index in [4.69, 9.17) is 34.8 Å². The van der Waals surface area contributed by atoms with Crippen molar-refractivity contribution in [1.82, 2.24) is 0 Å². The van der Waals surface area contributed by atoms with Crippen molar-refractivity contribution in [3.8, 4) is 0 Å². The molecule has 1 aromatic rings. The summed E-state index contributed by atoms with van der Waals surface area (Å²) in [7, 11) is 0. The van der Waals surface area contributed by atoms with E-state index >= 15 is 0 Å². The van der Waals surface area contributed by atoms with Gasteiger partial charge in [0, 0.05) is 5.02 Å². The minimum atomic E-state index is -0.616. The predicted octanol–water partition coefficient (Wildman–Crippen LogP) is 4.09. The lowest BCUT2D eigenvalue weighted by molar-refractivity contribution is 0.627. The van der Waals surface area contributed by atoms with Crippen LogP contribution < -0.4 is 0 Å². The molecule has 0 atom stereocenters. The minimum absolute atomic E-state index is 0.0116. The van der Waals surface area contributed by atoms with Gasteiger partial charge in [0.05, 0.1) is 10.0 Å². The quantitative estimate of drug-likeness (QED) is 0.450. The van der Waals surface area contributed by atoms with Gasteiger partial charge in [0.1, 0.15) is 0 Å². The maximum absolute atomic E-state index is 12.8. The Morgan fingerprint density at radius 2 is 1.73 bits per heavy atom. The van der Waals surface area contributed by atoms with E-state index in [2.05, 4.69) is 0 Å². The number of halogens is 4. The SMILES string of the molecule is Cc1c(Cl)cc(Cl)c(F)c1Cl. The van der Waals surface area contributed by atoms with Gasteiger partial charge in [0.25, 0.3) is 0 Å². The average molecular weight is 213 g/mol. The van der Waals surface area contributed by atoms with Crippen LogP contribution in [-0.4, -0.2) is 0 Å². The Kier molecular flexibility index (Phi) is 2.63. The van der Waals surface area contributed by atoms with E-state index < -0.39 is 5.82 Å². The van der Waals surface area contributed by atoms with Gasteiger partial charge < -0.3 is 0 Å². The Hall–Kier alpha value is 0.0200. The molecule has 0 aliphatic rings. The first-order chi connectivity index (χ1) is 5.04. The van der Waals surface area contributed by atoms with Gasteiger partial charge in [-0.2, -0.15) is 0 Å². The van der Waals surface area contributed by atoms with Crippen molar-refractivity contribution < 1.29 is 4.39 Å². The van der Waals surface area contributed by atoms with E-state index in [1.54, 1.807) is 6.92 Å². The summed E-state index contributed by atoms with van der Waals surface area (Å²) < 4.78 is 12.8. The first-order valence-corrected chi connectivity index (χ1v) is 3.97. The Morgan fingerprint density at radius 1 is 1.18 bits per heavy atom. The Bertz CT molecular complexity index is 270. The second-order valence-corrected chi connectivity index (χ2v) is 3.29. The largest absolute Gasteiger partial charge is 0.204 e. The maximum Gasteiger partial charge on any atom is 0.160 e. The fourth-order valence-electron chi connectivity index (χ4n) is 0.657. The van der Waals surface area contributed by atoms with Crippen LogP contribution in [0.2, 0.25) is 15.1 Å². The van der Waals surface area contributed by atoms with E-state index in [9.17, 15) is 4.39 Å². The highest BCUT2D eigenvalue weighted by Gasteiger charge is 2.10. The summed E-state index contributed by atoms with van der Waals surface area (Å²) in [6, 6.07) is 1.33. The van der Waals surface area contributed by atoms with Crippen LogP contribution in [0.5, 0.6) is 0 Å². The zero-order valence-corrected chi connectivity index (χ0v) is 7.86. The molecule has 0 bridgehead atoms. The van der Waals surface area contributed by atoms with Crippen molar-refractivity contribution in [2.75, 3.05) is 0 Å². The van der Waals surface area contributed by atoms with Gasteiger partial charge in [-0.1, -0.05) is 34.8 Å². The molecule has 0 N–H and O–H groups in total. The van der Waals surface area contributed by atoms with Gasteiger partial charge in [-0.15, -0.1) is 0 Å². The Balaban J connectivity index is 3.46. The zero-order chi connectivity index (χ0) is 8.59. The van der Waals surface area contributed by atoms with Gasteiger partial charge >= 0.3 is 0 Å². The topological polar surface area (TPSA) is 0 Å². The lowest BCUT2D eigenvalue weighted by atomic mass is 10.2. The first-order valence-electron chi connectivity index (χ1n) is 2.83. The molecule has 0 aromatic heterocycles. The maximum atomic E-state index is 12.8. The van der Waals surface area contributed by atoms with Crippen LogP contribution in [0.3, 0.4) is 0 Å². The lowest BCUT2D eigenvalue weighted by Gasteiger charge is -2.02. The third kappa shape index (κ3) is 1.61. The fourth-order valence-corrected chi connectivity index (χ4v) is 1.42. The highest BCUT2D eigenvalue weighted by atomic mass is 35.5. The van der Waals surface area contributed by atoms with Gasteiger partial charge in [-0.3, -0.25) is 0 Å². The number of hydrogen-bond donors (Lipinski definition) is 0. The van der Waals surface area contributed by atoms with Gasteiger partial charge in [-0.05, 0) is 18.6 Å². The van der Waals surface area contributed by atoms with Crippen LogP contribution in [0, 0.1) is 12.7 Å². The highest BCUT2D eigenvalue weighted by Crippen LogP contribution is 2.31. The summed E-state index contributed by atoms with van der Waals surface area (Å²) in [6.45, 7) is 1.63. The number of hydrogen-bond acceptors (Lipinski definition) is 0. The molecule has 0 saturated carbocycles. The van der Waals surface area contributed by atoms with Crippen molar-refractivity contribution >= 4 is 34.8 Å². The molecule has 0 unspecified atom stereocenters. The summed E-state index contributed by atoms with van der Waals surface area (Å²) >= 11 is 16.6. The van der Waals surface area contributed by atoms with Crippen molar-refractivity contribution in [2.45, 2.75) is 6.92 Å². The molecule has 0 aliphatic carbocycles. The Labute approximate surface area is 78.9 Å². The van der Waals surface area contributed by atoms with Gasteiger partial charge in [0.15, 0.2) is 5.82 Å². The van der Waals surface area contributed by atoms with Gasteiger partial charge in [-0.25, -0.2) is 4.39 Å². The second kappa shape index (κ2) is 3.18. The summed E-state index contributed by atoms with van der Waals surface area (Å²) in [5, 5.41) is 0.314. The molecular formula is C7H4Cl3F. The van der Waals surface area contributed by atoms with Crippen molar-refractivity contribution in [3.63, 3.8) is 0 Å². The molecule has 0 amide bonds. The third-order valence-corrected chi connectivity index (χ3v) is 2.46. The van der Waals surface area contributed by atoms with Crippen LogP contribution in [0.15, 0.2) is 6.07 Å². The van der Waals surface area contributed by atoms with Crippen LogP contribution >= 0.6 is 34.8 Å². The molecular weight excluding hydrogens is 209 g/mol. The molecule has 1 aromatic carbocycles. The third-order valence-electron chi connectivity index (χ3n) is 1.34. The standard InChI is InChI=1S/C7H4Cl3F/c1-3-4(8)2-5(9)7(11)6(3)10/h2H,1H3. The Morgan fingerprint density at radius 3 is 2.27 bits per heavy atom. The molecule has 4 heteroatoms. The number of benzene rings is 1. The molecule has 0 heterocycles. The summed E-state index contributed by atoms with van der Waals surface area (Å²) in [4.78, 5) is 0. The average Bonchev–Trinajstić information content (AvgIpc) is 1.97. The highest BCUT2D eigenvalue weighted by molar-refractivity contribution is 6.39. The fraction of sp³-hybridized carbons (Fsp3) is 0.143. The lowest BCUT2D eigenvalue weighted by Crippen LogP contribution is -1.84. The smallest absolute Gasteiger partial charge is 0.160 e. The second-order valence-electron chi connectivity index (χ2n) is 2.09. The van der Waals surface area contributed by atoms with Crippen LogP contribution in [0.4, 0.5) is 4.39 Å². The monoisotopic (exact) mass is 212 g/mol. The molecule has 11 heavy (non-hydrogen) atoms. The van der Waals surface area contributed by atoms with Crippen molar-refractivity contribution in [1.29, 1.82) is 0 Å². The molecule has 0 radical (unpaired) electrons. The summed E-state index contributed by atoms with van der Waals surface area (Å²) in [6.07, 6.45) is 0. The van der Waals surface area contributed by atoms with Crippen LogP contribution in [0.25, 0.3) is 0 Å². The van der Waals surface area contributed by atoms with E-state index in [0.29, 0.717) is 10.6 Å². The molecule has 60 valence electrons. The van der Waals surface area contributed by atoms with E-state index in [0.717, 1.165) is 0 Å². The van der Waals surface area contributed by atoms with E-state index in [1.165, 1.54) is 6.07 Å². The minimum Gasteiger partial charge on any atom is -0.204 e. The van der Waals surface area contributed by atoms with E-state index in [-0.39, 0.29) is 10.0 Å². The normalized spacial score (nSPS) is 10.3. The van der Waals surface area contributed by atoms with Crippen molar-refractivity contribution in [3.05, 3.63) is 32.5 Å². The van der Waals surface area contributed by atoms with Crippen LogP contribution in [-0.2, 0) is 0 Å².